The molecule has 2 aliphatic rings. The molecule has 2 bridgehead atoms. The van der Waals surface area contributed by atoms with E-state index in [2.05, 4.69) is 20.2 Å². The number of carboxylic acid groups (broad SMARTS) is 1. The minimum absolute atomic E-state index is 0. The van der Waals surface area contributed by atoms with Crippen LogP contribution < -0.4 is 11.1 Å². The second-order valence-corrected chi connectivity index (χ2v) is 6.03. The summed E-state index contributed by atoms with van der Waals surface area (Å²) in [5.41, 5.74) is 7.26. The summed E-state index contributed by atoms with van der Waals surface area (Å²) in [4.78, 5) is 21.2. The van der Waals surface area contributed by atoms with Crippen LogP contribution in [0, 0.1) is 11.8 Å². The fraction of sp³-hybridized carbons (Fsp3) is 0.643. The summed E-state index contributed by atoms with van der Waals surface area (Å²) >= 11 is 0. The molecule has 3 rings (SSSR count). The molecular weight excluding hydrogens is 341 g/mol. The van der Waals surface area contributed by atoms with Gasteiger partial charge in [-0.15, -0.1) is 24.8 Å². The summed E-state index contributed by atoms with van der Waals surface area (Å²) in [5.74, 6) is 0.673. The van der Waals surface area contributed by atoms with Crippen LogP contribution in [0.2, 0.25) is 0 Å². The van der Waals surface area contributed by atoms with Gasteiger partial charge in [-0.25, -0.2) is 9.97 Å². The Labute approximate surface area is 147 Å². The van der Waals surface area contributed by atoms with Crippen molar-refractivity contribution in [2.75, 3.05) is 25.0 Å². The van der Waals surface area contributed by atoms with Crippen LogP contribution in [-0.2, 0) is 11.3 Å². The molecule has 1 saturated carbocycles. The lowest BCUT2D eigenvalue weighted by molar-refractivity contribution is -0.134. The Hall–Kier alpha value is -1.15. The van der Waals surface area contributed by atoms with Crippen LogP contribution in [0.4, 0.5) is 5.95 Å². The smallest absolute Gasteiger partial charge is 0.322 e. The van der Waals surface area contributed by atoms with E-state index < -0.39 is 5.97 Å². The number of hydrogen-bond donors (Lipinski definition) is 3. The van der Waals surface area contributed by atoms with E-state index in [-0.39, 0.29) is 31.4 Å². The fourth-order valence-corrected chi connectivity index (χ4v) is 3.43. The van der Waals surface area contributed by atoms with Crippen LogP contribution in [-0.4, -0.2) is 51.6 Å². The van der Waals surface area contributed by atoms with Crippen molar-refractivity contribution in [3.63, 3.8) is 0 Å². The van der Waals surface area contributed by atoms with Gasteiger partial charge in [0.1, 0.15) is 6.54 Å². The number of likely N-dealkylation sites (tertiary alicyclic amines) is 1. The first-order chi connectivity index (χ1) is 10.1. The molecule has 2 fully saturated rings. The highest BCUT2D eigenvalue weighted by Crippen LogP contribution is 2.35. The molecule has 1 aliphatic heterocycles. The molecule has 1 aromatic rings. The highest BCUT2D eigenvalue weighted by atomic mass is 35.5. The zero-order chi connectivity index (χ0) is 14.8. The highest BCUT2D eigenvalue weighted by molar-refractivity contribution is 5.85. The summed E-state index contributed by atoms with van der Waals surface area (Å²) < 4.78 is 0. The molecule has 130 valence electrons. The number of fused-ring (bicyclic) bond motifs is 2. The third-order valence-corrected chi connectivity index (χ3v) is 4.49. The van der Waals surface area contributed by atoms with Crippen molar-refractivity contribution in [1.29, 1.82) is 0 Å². The summed E-state index contributed by atoms with van der Waals surface area (Å²) in [6.07, 6.45) is 6.01. The van der Waals surface area contributed by atoms with Gasteiger partial charge in [0.05, 0.1) is 0 Å². The Morgan fingerprint density at radius 2 is 1.83 bits per heavy atom. The maximum atomic E-state index is 10.5. The molecule has 4 N–H and O–H groups in total. The number of nitrogens with two attached hydrogens (primary N) is 1. The quantitative estimate of drug-likeness (QED) is 0.716. The molecule has 0 spiro atoms. The van der Waals surface area contributed by atoms with Crippen molar-refractivity contribution in [3.8, 4) is 0 Å². The Morgan fingerprint density at radius 1 is 1.26 bits per heavy atom. The number of aromatic nitrogens is 2. The molecule has 1 aliphatic carbocycles. The number of aliphatic carboxylic acids is 1. The topological polar surface area (TPSA) is 104 Å². The van der Waals surface area contributed by atoms with Crippen molar-refractivity contribution in [2.24, 2.45) is 17.6 Å². The minimum atomic E-state index is -0.928. The van der Waals surface area contributed by atoms with E-state index in [4.69, 9.17) is 10.8 Å². The highest BCUT2D eigenvalue weighted by Gasteiger charge is 2.39. The Morgan fingerprint density at radius 3 is 2.35 bits per heavy atom. The predicted molar refractivity (Wildman–Crippen MR) is 92.1 cm³/mol. The molecule has 2 heterocycles. The van der Waals surface area contributed by atoms with Crippen molar-refractivity contribution < 1.29 is 9.90 Å². The van der Waals surface area contributed by atoms with Crippen molar-refractivity contribution >= 4 is 36.7 Å². The molecule has 23 heavy (non-hydrogen) atoms. The average Bonchev–Trinajstić information content (AvgIpc) is 2.69. The number of rotatable bonds is 5. The third kappa shape index (κ3) is 4.91. The largest absolute Gasteiger partial charge is 0.480 e. The molecule has 9 heteroatoms. The molecule has 0 amide bonds. The standard InChI is InChI=1S/C14H21N5O2.2ClH/c15-13-10-1-2-11(13)8-19(7-10)6-9-3-16-14(17-4-9)18-5-12(20)21;;/h3-4,10-11,13H,1-2,5-8,15H2,(H,20,21)(H,16,17,18);2*1H/t10-,11+,13?;;. The van der Waals surface area contributed by atoms with Gasteiger partial charge in [-0.3, -0.25) is 9.69 Å². The van der Waals surface area contributed by atoms with Gasteiger partial charge < -0.3 is 16.2 Å². The van der Waals surface area contributed by atoms with Crippen LogP contribution in [0.5, 0.6) is 0 Å². The molecule has 0 radical (unpaired) electrons. The second-order valence-electron chi connectivity index (χ2n) is 6.03. The Kier molecular flexibility index (Phi) is 7.47. The fourth-order valence-electron chi connectivity index (χ4n) is 3.43. The van der Waals surface area contributed by atoms with Gasteiger partial charge in [0, 0.05) is 43.6 Å². The van der Waals surface area contributed by atoms with E-state index in [0.29, 0.717) is 23.8 Å². The zero-order valence-electron chi connectivity index (χ0n) is 12.7. The average molecular weight is 364 g/mol. The van der Waals surface area contributed by atoms with E-state index in [1.165, 1.54) is 12.8 Å². The van der Waals surface area contributed by atoms with E-state index in [1.807, 2.05) is 0 Å². The monoisotopic (exact) mass is 363 g/mol. The Balaban J connectivity index is 0.00000132. The number of piperidine rings is 1. The summed E-state index contributed by atoms with van der Waals surface area (Å²) in [6.45, 7) is 2.76. The zero-order valence-corrected chi connectivity index (χ0v) is 14.4. The molecule has 7 nitrogen and oxygen atoms in total. The minimum Gasteiger partial charge on any atom is -0.480 e. The van der Waals surface area contributed by atoms with E-state index >= 15 is 0 Å². The van der Waals surface area contributed by atoms with Crippen LogP contribution in [0.3, 0.4) is 0 Å². The van der Waals surface area contributed by atoms with E-state index in [0.717, 1.165) is 25.2 Å². The lowest BCUT2D eigenvalue weighted by atomic mass is 9.93. The third-order valence-electron chi connectivity index (χ3n) is 4.49. The summed E-state index contributed by atoms with van der Waals surface area (Å²) in [6, 6.07) is 0.375. The number of nitrogens with one attached hydrogen (secondary N) is 1. The summed E-state index contributed by atoms with van der Waals surface area (Å²) in [5, 5.41) is 11.2. The van der Waals surface area contributed by atoms with Gasteiger partial charge in [-0.05, 0) is 24.7 Å². The van der Waals surface area contributed by atoms with Crippen molar-refractivity contribution in [1.82, 2.24) is 14.9 Å². The molecule has 0 aromatic carbocycles. The van der Waals surface area contributed by atoms with Gasteiger partial charge in [-0.2, -0.15) is 0 Å². The van der Waals surface area contributed by atoms with Gasteiger partial charge in [0.25, 0.3) is 0 Å². The molecule has 3 atom stereocenters. The van der Waals surface area contributed by atoms with Gasteiger partial charge >= 0.3 is 5.97 Å². The second kappa shape index (κ2) is 8.63. The Bertz CT molecular complexity index is 502. The van der Waals surface area contributed by atoms with E-state index in [1.54, 1.807) is 12.4 Å². The maximum absolute atomic E-state index is 10.5. The lowest BCUT2D eigenvalue weighted by Crippen LogP contribution is -2.48. The maximum Gasteiger partial charge on any atom is 0.322 e. The van der Waals surface area contributed by atoms with Crippen molar-refractivity contribution in [3.05, 3.63) is 18.0 Å². The molecule has 1 aromatic heterocycles. The molecule has 1 saturated heterocycles. The first kappa shape index (κ1) is 19.9. The van der Waals surface area contributed by atoms with Crippen LogP contribution >= 0.6 is 24.8 Å². The number of carbonyl (C=O) groups is 1. The van der Waals surface area contributed by atoms with Crippen molar-refractivity contribution in [2.45, 2.75) is 25.4 Å². The SMILES string of the molecule is Cl.Cl.NC1[C@@H]2CC[C@H]1CN(Cc1cnc(NCC(=O)O)nc1)C2. The lowest BCUT2D eigenvalue weighted by Gasteiger charge is -2.36. The van der Waals surface area contributed by atoms with Crippen LogP contribution in [0.1, 0.15) is 18.4 Å². The number of anilines is 1. The van der Waals surface area contributed by atoms with E-state index in [9.17, 15) is 4.79 Å². The van der Waals surface area contributed by atoms with Crippen LogP contribution in [0.25, 0.3) is 0 Å². The molecular formula is C14H23Cl2N5O2. The number of hydrogen-bond acceptors (Lipinski definition) is 6. The number of nitrogens with zero attached hydrogens (tertiary/aromatic N) is 3. The van der Waals surface area contributed by atoms with Gasteiger partial charge in [0.15, 0.2) is 0 Å². The normalized spacial score (nSPS) is 26.0. The predicted octanol–water partition coefficient (Wildman–Crippen LogP) is 0.986. The number of halogens is 2. The summed E-state index contributed by atoms with van der Waals surface area (Å²) in [7, 11) is 0. The van der Waals surface area contributed by atoms with Gasteiger partial charge in [0.2, 0.25) is 5.95 Å². The van der Waals surface area contributed by atoms with Crippen LogP contribution in [0.15, 0.2) is 12.4 Å². The first-order valence-electron chi connectivity index (χ1n) is 7.36. The number of carboxylic acids is 1. The molecule has 1 unspecified atom stereocenters. The van der Waals surface area contributed by atoms with Gasteiger partial charge in [-0.1, -0.05) is 0 Å². The first-order valence-corrected chi connectivity index (χ1v) is 7.36.